The number of allylic oxidation sites excluding steroid dienone is 1. The number of aliphatic imine (C=N–C) groups is 1. The van der Waals surface area contributed by atoms with Gasteiger partial charge < -0.3 is 14.7 Å². The minimum atomic E-state index is 0.847. The summed E-state index contributed by atoms with van der Waals surface area (Å²) in [6, 6.07) is 4.41. The zero-order valence-corrected chi connectivity index (χ0v) is 16.8. The predicted octanol–water partition coefficient (Wildman–Crippen LogP) is 2.60. The third kappa shape index (κ3) is 2.94. The normalized spacial score (nSPS) is 20.2. The molecule has 0 aliphatic carbocycles. The standard InChI is InChI=1S/C22H26N6/c1-16-12-17(13-18-14-23-26(3)22(16)18)20-6-7-28-15-19(4-5-21(28)24-20)27-10-8-25(2)9-11-27/h4-6,12-15H,7-11H2,1-3H3. The lowest BCUT2D eigenvalue weighted by Gasteiger charge is -2.37. The van der Waals surface area contributed by atoms with Gasteiger partial charge in [0.05, 0.1) is 23.1 Å². The van der Waals surface area contributed by atoms with E-state index in [-0.39, 0.29) is 0 Å². The zero-order chi connectivity index (χ0) is 19.3. The number of piperazine rings is 1. The SMILES string of the molecule is Cc1cc(C2=CCN3C=C(N4CCN(C)CC4)C=CC3=N2)cc2cnn(C)c12. The topological polar surface area (TPSA) is 39.9 Å². The molecule has 3 aliphatic rings. The maximum atomic E-state index is 4.94. The summed E-state index contributed by atoms with van der Waals surface area (Å²) in [4.78, 5) is 12.0. The van der Waals surface area contributed by atoms with Crippen LogP contribution >= 0.6 is 0 Å². The summed E-state index contributed by atoms with van der Waals surface area (Å²) in [6.07, 6.45) is 10.8. The highest BCUT2D eigenvalue weighted by Crippen LogP contribution is 2.28. The van der Waals surface area contributed by atoms with Crippen molar-refractivity contribution in [1.29, 1.82) is 0 Å². The molecule has 6 nitrogen and oxygen atoms in total. The highest BCUT2D eigenvalue weighted by Gasteiger charge is 2.21. The number of aromatic nitrogens is 2. The Morgan fingerprint density at radius 3 is 2.64 bits per heavy atom. The fourth-order valence-electron chi connectivity index (χ4n) is 4.26. The average Bonchev–Trinajstić information content (AvgIpc) is 3.09. The van der Waals surface area contributed by atoms with Crippen molar-refractivity contribution in [2.75, 3.05) is 39.8 Å². The third-order valence-corrected chi connectivity index (χ3v) is 5.89. The van der Waals surface area contributed by atoms with E-state index in [9.17, 15) is 0 Å². The molecule has 6 heteroatoms. The number of likely N-dealkylation sites (N-methyl/N-ethyl adjacent to an activating group) is 1. The summed E-state index contributed by atoms with van der Waals surface area (Å²) in [7, 11) is 4.18. The highest BCUT2D eigenvalue weighted by molar-refractivity contribution is 6.00. The van der Waals surface area contributed by atoms with Crippen molar-refractivity contribution >= 4 is 22.4 Å². The van der Waals surface area contributed by atoms with Crippen LogP contribution in [0.5, 0.6) is 0 Å². The molecular formula is C22H26N6. The minimum Gasteiger partial charge on any atom is -0.368 e. The van der Waals surface area contributed by atoms with Gasteiger partial charge in [-0.25, -0.2) is 4.99 Å². The van der Waals surface area contributed by atoms with E-state index in [4.69, 9.17) is 4.99 Å². The quantitative estimate of drug-likeness (QED) is 0.810. The molecule has 1 fully saturated rings. The monoisotopic (exact) mass is 374 g/mol. The van der Waals surface area contributed by atoms with Gasteiger partial charge >= 0.3 is 0 Å². The van der Waals surface area contributed by atoms with Crippen LogP contribution in [-0.4, -0.2) is 70.1 Å². The summed E-state index contributed by atoms with van der Waals surface area (Å²) in [6.45, 7) is 7.39. The van der Waals surface area contributed by atoms with Crippen LogP contribution in [0.3, 0.4) is 0 Å². The van der Waals surface area contributed by atoms with Gasteiger partial charge in [-0.15, -0.1) is 0 Å². The van der Waals surface area contributed by atoms with Crippen LogP contribution in [-0.2, 0) is 7.05 Å². The zero-order valence-electron chi connectivity index (χ0n) is 16.8. The lowest BCUT2D eigenvalue weighted by Crippen LogP contribution is -2.44. The number of benzene rings is 1. The van der Waals surface area contributed by atoms with Crippen molar-refractivity contribution in [2.45, 2.75) is 6.92 Å². The molecule has 0 spiro atoms. The van der Waals surface area contributed by atoms with Crippen molar-refractivity contribution < 1.29 is 0 Å². The van der Waals surface area contributed by atoms with Gasteiger partial charge in [0.2, 0.25) is 0 Å². The molecule has 28 heavy (non-hydrogen) atoms. The van der Waals surface area contributed by atoms with Crippen LogP contribution in [0.25, 0.3) is 16.6 Å². The molecule has 4 heterocycles. The second-order valence-corrected chi connectivity index (χ2v) is 7.89. The molecule has 144 valence electrons. The lowest BCUT2D eigenvalue weighted by molar-refractivity contribution is 0.188. The highest BCUT2D eigenvalue weighted by atomic mass is 15.3. The third-order valence-electron chi connectivity index (χ3n) is 5.89. The second-order valence-electron chi connectivity index (χ2n) is 7.89. The van der Waals surface area contributed by atoms with Gasteiger partial charge in [-0.2, -0.15) is 5.10 Å². The second kappa shape index (κ2) is 6.63. The van der Waals surface area contributed by atoms with Crippen molar-refractivity contribution in [3.05, 3.63) is 59.6 Å². The Morgan fingerprint density at radius 1 is 1.00 bits per heavy atom. The molecule has 0 bridgehead atoms. The number of rotatable bonds is 2. The molecule has 0 saturated carbocycles. The number of hydrogen-bond donors (Lipinski definition) is 0. The molecule has 1 aromatic carbocycles. The van der Waals surface area contributed by atoms with Gasteiger partial charge in [0.15, 0.2) is 0 Å². The van der Waals surface area contributed by atoms with Gasteiger partial charge in [-0.05, 0) is 49.9 Å². The smallest absolute Gasteiger partial charge is 0.133 e. The summed E-state index contributed by atoms with van der Waals surface area (Å²) in [5.41, 5.74) is 5.91. The van der Waals surface area contributed by atoms with Gasteiger partial charge in [0.25, 0.3) is 0 Å². The predicted molar refractivity (Wildman–Crippen MR) is 114 cm³/mol. The van der Waals surface area contributed by atoms with E-state index in [1.54, 1.807) is 0 Å². The molecule has 1 saturated heterocycles. The van der Waals surface area contributed by atoms with Gasteiger partial charge in [-0.3, -0.25) is 4.68 Å². The Kier molecular flexibility index (Phi) is 4.09. The molecule has 0 radical (unpaired) electrons. The number of hydrogen-bond acceptors (Lipinski definition) is 5. The van der Waals surface area contributed by atoms with Crippen LogP contribution < -0.4 is 0 Å². The Morgan fingerprint density at radius 2 is 1.82 bits per heavy atom. The largest absolute Gasteiger partial charge is 0.368 e. The summed E-state index contributed by atoms with van der Waals surface area (Å²) >= 11 is 0. The van der Waals surface area contributed by atoms with E-state index >= 15 is 0 Å². The Balaban J connectivity index is 1.39. The Hall–Kier alpha value is -2.86. The van der Waals surface area contributed by atoms with E-state index in [2.05, 4.69) is 70.3 Å². The lowest BCUT2D eigenvalue weighted by atomic mass is 10.0. The fourth-order valence-corrected chi connectivity index (χ4v) is 4.26. The number of nitrogens with zero attached hydrogens (tertiary/aromatic N) is 6. The van der Waals surface area contributed by atoms with Crippen molar-refractivity contribution in [1.82, 2.24) is 24.5 Å². The van der Waals surface area contributed by atoms with E-state index in [0.717, 1.165) is 55.2 Å². The first-order valence-electron chi connectivity index (χ1n) is 9.90. The number of fused-ring (bicyclic) bond motifs is 2. The number of amidine groups is 1. The maximum Gasteiger partial charge on any atom is 0.133 e. The van der Waals surface area contributed by atoms with Gasteiger partial charge in [0, 0.05) is 56.9 Å². The van der Waals surface area contributed by atoms with Crippen LogP contribution in [0.4, 0.5) is 0 Å². The first-order chi connectivity index (χ1) is 13.6. The van der Waals surface area contributed by atoms with Crippen LogP contribution in [0.1, 0.15) is 11.1 Å². The molecular weight excluding hydrogens is 348 g/mol. The van der Waals surface area contributed by atoms with Crippen molar-refractivity contribution in [3.8, 4) is 0 Å². The van der Waals surface area contributed by atoms with Crippen LogP contribution in [0.2, 0.25) is 0 Å². The van der Waals surface area contributed by atoms with E-state index in [1.807, 2.05) is 17.9 Å². The fraction of sp³-hybridized carbons (Fsp3) is 0.364. The maximum absolute atomic E-state index is 4.94. The van der Waals surface area contributed by atoms with E-state index in [0.29, 0.717) is 0 Å². The molecule has 5 rings (SSSR count). The van der Waals surface area contributed by atoms with E-state index in [1.165, 1.54) is 16.8 Å². The molecule has 1 aromatic heterocycles. The number of aryl methyl sites for hydroxylation is 2. The average molecular weight is 374 g/mol. The van der Waals surface area contributed by atoms with Crippen LogP contribution in [0.15, 0.2) is 53.4 Å². The van der Waals surface area contributed by atoms with Crippen LogP contribution in [0, 0.1) is 6.92 Å². The van der Waals surface area contributed by atoms with E-state index < -0.39 is 0 Å². The molecule has 0 amide bonds. The molecule has 2 aromatic rings. The summed E-state index contributed by atoms with van der Waals surface area (Å²) < 4.78 is 1.94. The van der Waals surface area contributed by atoms with Crippen molar-refractivity contribution in [2.24, 2.45) is 12.0 Å². The molecule has 3 aliphatic heterocycles. The Bertz CT molecular complexity index is 1050. The molecule has 0 N–H and O–H groups in total. The minimum absolute atomic E-state index is 0.847. The van der Waals surface area contributed by atoms with Gasteiger partial charge in [-0.1, -0.05) is 0 Å². The van der Waals surface area contributed by atoms with Crippen molar-refractivity contribution in [3.63, 3.8) is 0 Å². The Labute approximate surface area is 165 Å². The van der Waals surface area contributed by atoms with Gasteiger partial charge in [0.1, 0.15) is 5.84 Å². The summed E-state index contributed by atoms with van der Waals surface area (Å²) in [5.74, 6) is 1.01. The molecule has 0 atom stereocenters. The summed E-state index contributed by atoms with van der Waals surface area (Å²) in [5, 5.41) is 5.56. The first kappa shape index (κ1) is 17.3. The molecule has 0 unspecified atom stereocenters. The first-order valence-corrected chi connectivity index (χ1v) is 9.90.